The molecule has 2 heterocycles. The predicted octanol–water partition coefficient (Wildman–Crippen LogP) is 2.44. The molecule has 1 aliphatic carbocycles. The molecule has 0 saturated heterocycles. The van der Waals surface area contributed by atoms with Crippen molar-refractivity contribution < 1.29 is 17.9 Å². The molecule has 0 spiro atoms. The van der Waals surface area contributed by atoms with Crippen LogP contribution in [0.25, 0.3) is 11.1 Å². The monoisotopic (exact) mass is 404 g/mol. The molecule has 1 atom stereocenters. The van der Waals surface area contributed by atoms with E-state index in [2.05, 4.69) is 5.32 Å². The van der Waals surface area contributed by atoms with Gasteiger partial charge in [0.2, 0.25) is 0 Å². The summed E-state index contributed by atoms with van der Waals surface area (Å²) in [5.74, 6) is 1.57. The van der Waals surface area contributed by atoms with Gasteiger partial charge in [0.05, 0.1) is 18.0 Å². The summed E-state index contributed by atoms with van der Waals surface area (Å²) < 4.78 is 37.7. The van der Waals surface area contributed by atoms with Crippen LogP contribution in [-0.2, 0) is 16.9 Å². The molecule has 150 valence electrons. The van der Waals surface area contributed by atoms with Crippen LogP contribution in [0, 0.1) is 5.92 Å². The van der Waals surface area contributed by atoms with Crippen LogP contribution < -0.4 is 20.3 Å². The maximum absolute atomic E-state index is 12.5. The van der Waals surface area contributed by atoms with Crippen LogP contribution in [0.5, 0.6) is 11.5 Å². The fourth-order valence-corrected chi connectivity index (χ4v) is 3.89. The Bertz CT molecular complexity index is 1090. The van der Waals surface area contributed by atoms with Gasteiger partial charge in [-0.3, -0.25) is 4.79 Å². The van der Waals surface area contributed by atoms with Gasteiger partial charge in [0.15, 0.2) is 15.6 Å². The zero-order valence-corrected chi connectivity index (χ0v) is 17.0. The molecule has 1 aromatic heterocycles. The Morgan fingerprint density at radius 1 is 1.29 bits per heavy atom. The molecule has 28 heavy (non-hydrogen) atoms. The van der Waals surface area contributed by atoms with Gasteiger partial charge in [-0.2, -0.15) is 0 Å². The fraction of sp³-hybridized carbons (Fsp3) is 0.450. The molecular formula is C20H24N2O5S. The number of hydrogen-bond acceptors (Lipinski definition) is 6. The summed E-state index contributed by atoms with van der Waals surface area (Å²) in [6, 6.07) is 4.84. The van der Waals surface area contributed by atoms with Gasteiger partial charge >= 0.3 is 0 Å². The lowest BCUT2D eigenvalue weighted by Gasteiger charge is -2.27. The molecule has 7 nitrogen and oxygen atoms in total. The van der Waals surface area contributed by atoms with E-state index in [0.717, 1.165) is 12.8 Å². The molecular weight excluding hydrogens is 380 g/mol. The van der Waals surface area contributed by atoms with Crippen LogP contribution in [0.1, 0.15) is 19.8 Å². The number of fused-ring (bicyclic) bond motifs is 1. The third-order valence-electron chi connectivity index (χ3n) is 5.05. The third-order valence-corrected chi connectivity index (χ3v) is 6.17. The van der Waals surface area contributed by atoms with Gasteiger partial charge in [-0.15, -0.1) is 0 Å². The maximum atomic E-state index is 12.5. The highest BCUT2D eigenvalue weighted by atomic mass is 32.2. The summed E-state index contributed by atoms with van der Waals surface area (Å²) in [4.78, 5) is 12.7. The average molecular weight is 404 g/mol. The minimum atomic E-state index is -3.40. The van der Waals surface area contributed by atoms with Crippen molar-refractivity contribution in [2.24, 2.45) is 13.0 Å². The predicted molar refractivity (Wildman–Crippen MR) is 107 cm³/mol. The Morgan fingerprint density at radius 2 is 2.04 bits per heavy atom. The summed E-state index contributed by atoms with van der Waals surface area (Å²) in [7, 11) is -1.74. The second-order valence-electron chi connectivity index (χ2n) is 7.66. The second-order valence-corrected chi connectivity index (χ2v) is 9.67. The van der Waals surface area contributed by atoms with Crippen molar-refractivity contribution in [2.45, 2.75) is 30.8 Å². The van der Waals surface area contributed by atoms with E-state index >= 15 is 0 Å². The van der Waals surface area contributed by atoms with Crippen molar-refractivity contribution in [3.05, 3.63) is 34.7 Å². The molecule has 2 aliphatic rings. The minimum absolute atomic E-state index is 0.118. The number of aryl methyl sites for hydroxylation is 1. The van der Waals surface area contributed by atoms with Gasteiger partial charge in [0, 0.05) is 30.6 Å². The zero-order chi connectivity index (χ0) is 20.1. The smallest absolute Gasteiger partial charge is 0.277 e. The van der Waals surface area contributed by atoms with Gasteiger partial charge in [0.1, 0.15) is 17.5 Å². The topological polar surface area (TPSA) is 86.6 Å². The van der Waals surface area contributed by atoms with Crippen molar-refractivity contribution >= 4 is 15.5 Å². The zero-order valence-electron chi connectivity index (χ0n) is 16.2. The highest BCUT2D eigenvalue weighted by Gasteiger charge is 2.27. The van der Waals surface area contributed by atoms with E-state index in [1.165, 1.54) is 10.8 Å². The van der Waals surface area contributed by atoms with Crippen molar-refractivity contribution in [3.8, 4) is 22.6 Å². The van der Waals surface area contributed by atoms with Gasteiger partial charge in [-0.1, -0.05) is 0 Å². The van der Waals surface area contributed by atoms with E-state index < -0.39 is 9.84 Å². The van der Waals surface area contributed by atoms with E-state index in [1.54, 1.807) is 31.4 Å². The number of anilines is 1. The van der Waals surface area contributed by atoms with Crippen molar-refractivity contribution in [1.82, 2.24) is 4.57 Å². The van der Waals surface area contributed by atoms with Crippen molar-refractivity contribution in [1.29, 1.82) is 0 Å². The lowest BCUT2D eigenvalue weighted by atomic mass is 10.0. The largest absolute Gasteiger partial charge is 0.493 e. The van der Waals surface area contributed by atoms with Crippen LogP contribution >= 0.6 is 0 Å². The van der Waals surface area contributed by atoms with E-state index in [0.29, 0.717) is 47.4 Å². The van der Waals surface area contributed by atoms with Gasteiger partial charge in [-0.25, -0.2) is 8.42 Å². The van der Waals surface area contributed by atoms with Crippen molar-refractivity contribution in [2.75, 3.05) is 24.7 Å². The summed E-state index contributed by atoms with van der Waals surface area (Å²) in [5, 5.41) is 3.14. The highest BCUT2D eigenvalue weighted by molar-refractivity contribution is 7.90. The molecule has 0 amide bonds. The quantitative estimate of drug-likeness (QED) is 0.824. The molecule has 1 saturated carbocycles. The number of aromatic nitrogens is 1. The molecule has 0 radical (unpaired) electrons. The molecule has 0 bridgehead atoms. The van der Waals surface area contributed by atoms with Crippen LogP contribution in [0.4, 0.5) is 5.69 Å². The molecule has 1 aromatic carbocycles. The Kier molecular flexibility index (Phi) is 4.61. The number of hydrogen-bond donors (Lipinski definition) is 1. The number of sulfone groups is 1. The highest BCUT2D eigenvalue weighted by Crippen LogP contribution is 2.42. The maximum Gasteiger partial charge on any atom is 0.277 e. The molecule has 8 heteroatoms. The van der Waals surface area contributed by atoms with E-state index in [9.17, 15) is 13.2 Å². The first kappa shape index (κ1) is 18.9. The number of pyridine rings is 1. The summed E-state index contributed by atoms with van der Waals surface area (Å²) in [5.41, 5.74) is 1.43. The first-order valence-corrected chi connectivity index (χ1v) is 11.2. The second kappa shape index (κ2) is 6.84. The van der Waals surface area contributed by atoms with Crippen molar-refractivity contribution in [3.63, 3.8) is 0 Å². The van der Waals surface area contributed by atoms with Crippen LogP contribution in [-0.4, -0.2) is 38.5 Å². The van der Waals surface area contributed by atoms with E-state index in [-0.39, 0.29) is 16.6 Å². The molecule has 2 aromatic rings. The van der Waals surface area contributed by atoms with Crippen LogP contribution in [0.3, 0.4) is 0 Å². The number of benzene rings is 1. The minimum Gasteiger partial charge on any atom is -0.493 e. The molecule has 1 N–H and O–H groups in total. The Balaban J connectivity index is 1.91. The lowest BCUT2D eigenvalue weighted by molar-refractivity contribution is 0.226. The van der Waals surface area contributed by atoms with E-state index in [1.807, 2.05) is 6.92 Å². The van der Waals surface area contributed by atoms with E-state index in [4.69, 9.17) is 9.47 Å². The SMILES string of the molecule is C[C@@H]1CNc2c(c(-c3cc(S(C)(=O)=O)ccc3OCC3CC3)cn(C)c2=O)O1. The number of nitrogens with zero attached hydrogens (tertiary/aromatic N) is 1. The molecule has 1 aliphatic heterocycles. The molecule has 0 unspecified atom stereocenters. The summed E-state index contributed by atoms with van der Waals surface area (Å²) in [6.07, 6.45) is 5.03. The van der Waals surface area contributed by atoms with Crippen LogP contribution in [0.15, 0.2) is 34.1 Å². The Hall–Kier alpha value is -2.48. The number of rotatable bonds is 5. The summed E-state index contributed by atoms with van der Waals surface area (Å²) in [6.45, 7) is 3.03. The first-order chi connectivity index (χ1) is 13.2. The normalized spacial score (nSPS) is 18.8. The fourth-order valence-electron chi connectivity index (χ4n) is 3.25. The van der Waals surface area contributed by atoms with Gasteiger partial charge in [0.25, 0.3) is 5.56 Å². The average Bonchev–Trinajstić information content (AvgIpc) is 3.46. The third kappa shape index (κ3) is 3.61. The van der Waals surface area contributed by atoms with Gasteiger partial charge < -0.3 is 19.4 Å². The lowest BCUT2D eigenvalue weighted by Crippen LogP contribution is -2.33. The first-order valence-electron chi connectivity index (χ1n) is 9.35. The summed E-state index contributed by atoms with van der Waals surface area (Å²) >= 11 is 0. The standard InChI is InChI=1S/C20H24N2O5S/c1-12-9-21-18-19(27-12)16(10-22(2)20(18)23)15-8-14(28(3,24)25)6-7-17(15)26-11-13-4-5-13/h6-8,10,12-13,21H,4-5,9,11H2,1-3H3/t12-/m1/s1. The number of ether oxygens (including phenoxy) is 2. The Labute approximate surface area is 164 Å². The molecule has 4 rings (SSSR count). The van der Waals surface area contributed by atoms with Gasteiger partial charge in [-0.05, 0) is 43.9 Å². The van der Waals surface area contributed by atoms with Crippen LogP contribution in [0.2, 0.25) is 0 Å². The Morgan fingerprint density at radius 3 is 2.71 bits per heavy atom. The number of nitrogens with one attached hydrogen (secondary N) is 1. The molecule has 1 fully saturated rings.